The molecule has 1 heterocycles. The van der Waals surface area contributed by atoms with E-state index >= 15 is 0 Å². The molecule has 2 rings (SSSR count). The monoisotopic (exact) mass is 291 g/mol. The lowest BCUT2D eigenvalue weighted by molar-refractivity contribution is -0.388. The summed E-state index contributed by atoms with van der Waals surface area (Å²) >= 11 is 0. The zero-order valence-electron chi connectivity index (χ0n) is 10.7. The van der Waals surface area contributed by atoms with Crippen molar-refractivity contribution in [3.63, 3.8) is 0 Å². The molecular formula is C11H9N5O5. The molecule has 1 aromatic carbocycles. The molecule has 0 bridgehead atoms. The third-order valence-corrected chi connectivity index (χ3v) is 2.49. The number of aryl methyl sites for hydroxylation is 1. The summed E-state index contributed by atoms with van der Waals surface area (Å²) < 4.78 is 5.21. The lowest BCUT2D eigenvalue weighted by Gasteiger charge is -2.07. The van der Waals surface area contributed by atoms with E-state index < -0.39 is 21.4 Å². The maximum absolute atomic E-state index is 11.0. The number of nitro groups is 2. The first-order valence-corrected chi connectivity index (χ1v) is 5.60. The predicted octanol–water partition coefficient (Wildman–Crippen LogP) is 1.98. The highest BCUT2D eigenvalue weighted by Gasteiger charge is 2.26. The van der Waals surface area contributed by atoms with Crippen LogP contribution in [0.15, 0.2) is 24.3 Å². The molecule has 0 aliphatic rings. The average Bonchev–Trinajstić information content (AvgIpc) is 2.37. The largest absolute Gasteiger partial charge is 0.426 e. The van der Waals surface area contributed by atoms with Gasteiger partial charge in [0.1, 0.15) is 5.69 Å². The summed E-state index contributed by atoms with van der Waals surface area (Å²) in [6.07, 6.45) is 0. The Labute approximate surface area is 117 Å². The molecule has 0 atom stereocenters. The summed E-state index contributed by atoms with van der Waals surface area (Å²) in [7, 11) is 0. The first-order valence-electron chi connectivity index (χ1n) is 5.60. The molecule has 0 saturated carbocycles. The number of anilines is 1. The van der Waals surface area contributed by atoms with Crippen molar-refractivity contribution in [3.8, 4) is 11.6 Å². The van der Waals surface area contributed by atoms with Gasteiger partial charge in [0.05, 0.1) is 9.85 Å². The number of nitro benzene ring substituents is 1. The summed E-state index contributed by atoms with van der Waals surface area (Å²) in [4.78, 5) is 27.8. The zero-order chi connectivity index (χ0) is 15.6. The van der Waals surface area contributed by atoms with E-state index in [9.17, 15) is 20.2 Å². The average molecular weight is 291 g/mol. The third kappa shape index (κ3) is 2.83. The van der Waals surface area contributed by atoms with Crippen molar-refractivity contribution in [2.45, 2.75) is 6.92 Å². The van der Waals surface area contributed by atoms with Crippen LogP contribution in [0.1, 0.15) is 5.69 Å². The van der Waals surface area contributed by atoms with Gasteiger partial charge < -0.3 is 10.5 Å². The number of aromatic nitrogens is 2. The molecule has 21 heavy (non-hydrogen) atoms. The van der Waals surface area contributed by atoms with E-state index in [-0.39, 0.29) is 23.1 Å². The number of ether oxygens (including phenoxy) is 1. The van der Waals surface area contributed by atoms with Crippen molar-refractivity contribution in [3.05, 3.63) is 50.2 Å². The van der Waals surface area contributed by atoms with Gasteiger partial charge in [-0.05, 0) is 13.0 Å². The van der Waals surface area contributed by atoms with Gasteiger partial charge in [0.2, 0.25) is 11.7 Å². The first-order chi connectivity index (χ1) is 9.90. The van der Waals surface area contributed by atoms with Gasteiger partial charge >= 0.3 is 17.3 Å². The van der Waals surface area contributed by atoms with E-state index in [1.807, 2.05) is 0 Å². The highest BCUT2D eigenvalue weighted by atomic mass is 16.6. The Hall–Kier alpha value is -3.30. The minimum atomic E-state index is -0.737. The minimum absolute atomic E-state index is 0.00100. The van der Waals surface area contributed by atoms with E-state index in [0.29, 0.717) is 0 Å². The summed E-state index contributed by atoms with van der Waals surface area (Å²) in [5, 5.41) is 21.9. The van der Waals surface area contributed by atoms with E-state index in [1.165, 1.54) is 31.2 Å². The topological polar surface area (TPSA) is 147 Å². The number of para-hydroxylation sites is 2. The number of nitrogen functional groups attached to an aromatic ring is 1. The van der Waals surface area contributed by atoms with E-state index in [0.717, 1.165) is 0 Å². The minimum Gasteiger partial charge on any atom is -0.426 e. The van der Waals surface area contributed by atoms with Crippen molar-refractivity contribution in [1.82, 2.24) is 9.97 Å². The molecule has 10 heteroatoms. The fraction of sp³-hybridized carbons (Fsp3) is 0.0909. The van der Waals surface area contributed by atoms with Crippen LogP contribution in [-0.2, 0) is 0 Å². The Balaban J connectivity index is 2.54. The molecule has 0 fully saturated rings. The molecule has 0 aliphatic carbocycles. The van der Waals surface area contributed by atoms with Gasteiger partial charge in [-0.25, -0.2) is 4.98 Å². The maximum Gasteiger partial charge on any atom is 0.352 e. The predicted molar refractivity (Wildman–Crippen MR) is 71.0 cm³/mol. The standard InChI is InChI=1S/C11H9N5O5/c1-6-9(16(19)20)10(14-11(12)13-6)21-8-5-3-2-4-7(8)15(17)18/h2-5H,1H3,(H2,12,13,14). The molecule has 10 nitrogen and oxygen atoms in total. The van der Waals surface area contributed by atoms with Crippen molar-refractivity contribution < 1.29 is 14.6 Å². The smallest absolute Gasteiger partial charge is 0.352 e. The summed E-state index contributed by atoms with van der Waals surface area (Å²) in [5.74, 6) is -0.853. The Kier molecular flexibility index (Phi) is 3.61. The van der Waals surface area contributed by atoms with Gasteiger partial charge in [-0.2, -0.15) is 4.98 Å². The van der Waals surface area contributed by atoms with Crippen LogP contribution < -0.4 is 10.5 Å². The normalized spacial score (nSPS) is 10.1. The molecule has 0 saturated heterocycles. The number of benzene rings is 1. The molecule has 0 radical (unpaired) electrons. The summed E-state index contributed by atoms with van der Waals surface area (Å²) in [6.45, 7) is 1.36. The van der Waals surface area contributed by atoms with E-state index in [2.05, 4.69) is 9.97 Å². The number of nitrogens with zero attached hydrogens (tertiary/aromatic N) is 4. The van der Waals surface area contributed by atoms with Crippen LogP contribution in [-0.4, -0.2) is 19.8 Å². The van der Waals surface area contributed by atoms with Crippen molar-refractivity contribution in [1.29, 1.82) is 0 Å². The quantitative estimate of drug-likeness (QED) is 0.663. The number of rotatable bonds is 4. The molecule has 2 aromatic rings. The molecule has 108 valence electrons. The van der Waals surface area contributed by atoms with E-state index in [1.54, 1.807) is 0 Å². The molecule has 0 amide bonds. The second kappa shape index (κ2) is 5.36. The highest BCUT2D eigenvalue weighted by Crippen LogP contribution is 2.35. The molecular weight excluding hydrogens is 282 g/mol. The zero-order valence-corrected chi connectivity index (χ0v) is 10.7. The van der Waals surface area contributed by atoms with Crippen LogP contribution in [0.3, 0.4) is 0 Å². The van der Waals surface area contributed by atoms with Gasteiger partial charge in [-0.3, -0.25) is 20.2 Å². The molecule has 2 N–H and O–H groups in total. The van der Waals surface area contributed by atoms with Crippen LogP contribution in [0.5, 0.6) is 11.6 Å². The number of hydrogen-bond donors (Lipinski definition) is 1. The van der Waals surface area contributed by atoms with Crippen LogP contribution >= 0.6 is 0 Å². The summed E-state index contributed by atoms with van der Waals surface area (Å²) in [6, 6.07) is 5.44. The second-order valence-electron chi connectivity index (χ2n) is 3.90. The Morgan fingerprint density at radius 1 is 1.14 bits per heavy atom. The molecule has 1 aromatic heterocycles. The lowest BCUT2D eigenvalue weighted by Crippen LogP contribution is -2.05. The molecule has 0 unspecified atom stereocenters. The third-order valence-electron chi connectivity index (χ3n) is 2.49. The maximum atomic E-state index is 11.0. The van der Waals surface area contributed by atoms with Crippen LogP contribution in [0.25, 0.3) is 0 Å². The Bertz CT molecular complexity index is 733. The van der Waals surface area contributed by atoms with Gasteiger partial charge in [-0.1, -0.05) is 12.1 Å². The van der Waals surface area contributed by atoms with Gasteiger partial charge in [0, 0.05) is 6.07 Å². The second-order valence-corrected chi connectivity index (χ2v) is 3.90. The van der Waals surface area contributed by atoms with Crippen molar-refractivity contribution in [2.75, 3.05) is 5.73 Å². The van der Waals surface area contributed by atoms with Crippen LogP contribution in [0.4, 0.5) is 17.3 Å². The van der Waals surface area contributed by atoms with Crippen LogP contribution in [0.2, 0.25) is 0 Å². The number of nitrogens with two attached hydrogens (primary N) is 1. The first kappa shape index (κ1) is 14.1. The SMILES string of the molecule is Cc1nc(N)nc(Oc2ccccc2[N+](=O)[O-])c1[N+](=O)[O-]. The number of hydrogen-bond acceptors (Lipinski definition) is 8. The summed E-state index contributed by atoms with van der Waals surface area (Å²) in [5.41, 5.74) is 4.58. The van der Waals surface area contributed by atoms with Gasteiger partial charge in [-0.15, -0.1) is 0 Å². The molecule has 0 spiro atoms. The fourth-order valence-electron chi connectivity index (χ4n) is 1.64. The van der Waals surface area contributed by atoms with Gasteiger partial charge in [0.15, 0.2) is 0 Å². The Morgan fingerprint density at radius 2 is 1.81 bits per heavy atom. The Morgan fingerprint density at radius 3 is 2.43 bits per heavy atom. The van der Waals surface area contributed by atoms with Crippen molar-refractivity contribution in [2.24, 2.45) is 0 Å². The van der Waals surface area contributed by atoms with Crippen molar-refractivity contribution >= 4 is 17.3 Å². The van der Waals surface area contributed by atoms with Gasteiger partial charge in [0.25, 0.3) is 0 Å². The lowest BCUT2D eigenvalue weighted by atomic mass is 10.3. The highest BCUT2D eigenvalue weighted by molar-refractivity contribution is 5.53. The van der Waals surface area contributed by atoms with E-state index in [4.69, 9.17) is 10.5 Å². The molecule has 0 aliphatic heterocycles. The fourth-order valence-corrected chi connectivity index (χ4v) is 1.64. The van der Waals surface area contributed by atoms with Crippen LogP contribution in [0, 0.1) is 27.2 Å².